The molecule has 272 valence electrons. The van der Waals surface area contributed by atoms with Gasteiger partial charge in [-0.3, -0.25) is 14.4 Å². The fourth-order valence-electron chi connectivity index (χ4n) is 4.43. The average molecular weight is 667 g/mol. The van der Waals surface area contributed by atoms with Gasteiger partial charge >= 0.3 is 0 Å². The number of carbonyl (C=O) groups excluding carboxylic acids is 3. The molecule has 0 saturated heterocycles. The smallest absolute Gasteiger partial charge is 0.224 e. The molecule has 0 aliphatic heterocycles. The molecule has 0 radical (unpaired) electrons. The van der Waals surface area contributed by atoms with Crippen LogP contribution in [0.15, 0.2) is 42.6 Å². The van der Waals surface area contributed by atoms with E-state index in [2.05, 4.69) is 67.2 Å². The first-order valence-electron chi connectivity index (χ1n) is 18.2. The van der Waals surface area contributed by atoms with E-state index in [1.807, 2.05) is 32.0 Å². The maximum atomic E-state index is 11.8. The van der Waals surface area contributed by atoms with Gasteiger partial charge in [-0.1, -0.05) is 121 Å². The Bertz CT molecular complexity index is 1000. The number of nitrogens with zero attached hydrogens (tertiary/aromatic N) is 2. The first-order valence-corrected chi connectivity index (χ1v) is 18.2. The minimum Gasteiger partial charge on any atom is -0.356 e. The third-order valence-electron chi connectivity index (χ3n) is 7.52. The molecule has 7 heteroatoms. The average Bonchev–Trinajstić information content (AvgIpc) is 3.09. The second kappa shape index (κ2) is 37.9. The van der Waals surface area contributed by atoms with Gasteiger partial charge < -0.3 is 20.4 Å². The number of likely N-dealkylation sites (N-methyl/N-ethyl adjacent to an activating group) is 2. The molecule has 1 aliphatic carbocycles. The van der Waals surface area contributed by atoms with Crippen molar-refractivity contribution in [1.29, 1.82) is 0 Å². The van der Waals surface area contributed by atoms with Crippen LogP contribution in [0.3, 0.4) is 0 Å². The van der Waals surface area contributed by atoms with E-state index in [1.165, 1.54) is 56.4 Å². The number of unbranched alkanes of at least 4 members (excludes halogenated alkanes) is 4. The molecule has 0 bridgehead atoms. The largest absolute Gasteiger partial charge is 0.356 e. The van der Waals surface area contributed by atoms with E-state index < -0.39 is 0 Å². The second-order valence-electron chi connectivity index (χ2n) is 11.7. The number of hydrogen-bond donors (Lipinski definition) is 2. The van der Waals surface area contributed by atoms with Gasteiger partial charge in [-0.25, -0.2) is 0 Å². The van der Waals surface area contributed by atoms with Crippen LogP contribution in [0, 0.1) is 37.5 Å². The monoisotopic (exact) mass is 667 g/mol. The lowest BCUT2D eigenvalue weighted by molar-refractivity contribution is -0.132. The number of allylic oxidation sites excluding steroid dienone is 1. The third kappa shape index (κ3) is 36.9. The van der Waals surface area contributed by atoms with Crippen LogP contribution in [0.5, 0.6) is 0 Å². The van der Waals surface area contributed by atoms with E-state index in [0.29, 0.717) is 6.54 Å². The lowest BCUT2D eigenvalue weighted by atomic mass is 9.91. The molecule has 7 nitrogen and oxygen atoms in total. The van der Waals surface area contributed by atoms with Gasteiger partial charge in [0.15, 0.2) is 0 Å². The molecular weight excluding hydrogens is 596 g/mol. The summed E-state index contributed by atoms with van der Waals surface area (Å²) in [7, 11) is 1.77. The number of carbonyl (C=O) groups is 3. The van der Waals surface area contributed by atoms with Crippen molar-refractivity contribution in [2.24, 2.45) is 5.92 Å². The number of rotatable bonds is 15. The van der Waals surface area contributed by atoms with Crippen LogP contribution in [0.1, 0.15) is 124 Å². The molecule has 0 unspecified atom stereocenters. The summed E-state index contributed by atoms with van der Waals surface area (Å²) >= 11 is 0. The maximum Gasteiger partial charge on any atom is 0.224 e. The van der Waals surface area contributed by atoms with Crippen molar-refractivity contribution in [3.05, 3.63) is 48.2 Å². The SMILES string of the molecule is C#C/C=C/NC(=O)CCC(=O)N(C)CCN(CC)CC.C#CCCCCCCNC(C)=O.CC.CC1CCCCC1.Cc1ccccc1. The molecule has 0 heterocycles. The Balaban J connectivity index is -0.000000606. The van der Waals surface area contributed by atoms with Crippen molar-refractivity contribution in [3.8, 4) is 24.7 Å². The molecule has 1 fully saturated rings. The van der Waals surface area contributed by atoms with Gasteiger partial charge in [-0.2, -0.15) is 0 Å². The lowest BCUT2D eigenvalue weighted by Gasteiger charge is -2.23. The van der Waals surface area contributed by atoms with Gasteiger partial charge in [-0.05, 0) is 38.8 Å². The van der Waals surface area contributed by atoms with Gasteiger partial charge in [0.25, 0.3) is 0 Å². The number of aryl methyl sites for hydroxylation is 1. The van der Waals surface area contributed by atoms with E-state index in [9.17, 15) is 14.4 Å². The van der Waals surface area contributed by atoms with Crippen LogP contribution >= 0.6 is 0 Å². The minimum atomic E-state index is -0.206. The van der Waals surface area contributed by atoms with Crippen LogP contribution < -0.4 is 10.6 Å². The van der Waals surface area contributed by atoms with E-state index in [1.54, 1.807) is 18.9 Å². The van der Waals surface area contributed by atoms with Crippen LogP contribution in [0.25, 0.3) is 0 Å². The van der Waals surface area contributed by atoms with E-state index in [-0.39, 0.29) is 30.6 Å². The van der Waals surface area contributed by atoms with Gasteiger partial charge in [0.1, 0.15) is 0 Å². The Morgan fingerprint density at radius 2 is 1.52 bits per heavy atom. The highest BCUT2D eigenvalue weighted by molar-refractivity contribution is 5.84. The predicted molar refractivity (Wildman–Crippen MR) is 206 cm³/mol. The van der Waals surface area contributed by atoms with Crippen LogP contribution in [-0.2, 0) is 14.4 Å². The number of hydrogen-bond acceptors (Lipinski definition) is 4. The van der Waals surface area contributed by atoms with Crippen LogP contribution in [-0.4, -0.2) is 67.3 Å². The van der Waals surface area contributed by atoms with Crippen LogP contribution in [0.2, 0.25) is 0 Å². The first-order chi connectivity index (χ1) is 23.1. The van der Waals surface area contributed by atoms with Gasteiger partial charge in [0, 0.05) is 65.1 Å². The number of nitrogens with one attached hydrogen (secondary N) is 2. The van der Waals surface area contributed by atoms with Crippen LogP contribution in [0.4, 0.5) is 0 Å². The third-order valence-corrected chi connectivity index (χ3v) is 7.52. The number of terminal acetylenes is 2. The fraction of sp³-hybridized carbons (Fsp3) is 0.634. The standard InChI is InChI=1S/C15H25N3O2.C10H17NO.C7H14.C7H8.C2H6/c1-5-8-11-16-14(19)9-10-15(20)17(4)12-13-18(6-2)7-3;1-3-4-5-6-7-8-9-11-10(2)12;2*1-7-5-3-2-4-6-7;1-2/h1,8,11H,6-7,9-10,12-13H2,2-4H3,(H,16,19);1H,4-9H2,2H3,(H,11,12);7H,2-6H2,1H3;2-6H,1H3;1-2H3/b11-8+;;;;. The minimum absolute atomic E-state index is 0.0202. The zero-order valence-electron chi connectivity index (χ0n) is 31.9. The highest BCUT2D eigenvalue weighted by Gasteiger charge is 2.11. The normalized spacial score (nSPS) is 11.7. The van der Waals surface area contributed by atoms with Gasteiger partial charge in [0.05, 0.1) is 0 Å². The molecular formula is C41H70N4O3. The molecule has 0 atom stereocenters. The molecule has 1 aromatic carbocycles. The zero-order chi connectivity index (χ0) is 36.8. The van der Waals surface area contributed by atoms with Crippen molar-refractivity contribution in [3.63, 3.8) is 0 Å². The van der Waals surface area contributed by atoms with Gasteiger partial charge in [-0.15, -0.1) is 18.8 Å². The molecule has 0 spiro atoms. The van der Waals surface area contributed by atoms with Gasteiger partial charge in [0.2, 0.25) is 17.7 Å². The molecule has 1 saturated carbocycles. The van der Waals surface area contributed by atoms with E-state index in [4.69, 9.17) is 12.8 Å². The van der Waals surface area contributed by atoms with Crippen molar-refractivity contribution in [2.45, 2.75) is 126 Å². The Morgan fingerprint density at radius 1 is 0.917 bits per heavy atom. The lowest BCUT2D eigenvalue weighted by Crippen LogP contribution is -2.36. The Labute approximate surface area is 296 Å². The topological polar surface area (TPSA) is 81.8 Å². The highest BCUT2D eigenvalue weighted by atomic mass is 16.2. The molecule has 2 rings (SSSR count). The van der Waals surface area contributed by atoms with Crippen molar-refractivity contribution >= 4 is 17.7 Å². The molecule has 1 aliphatic rings. The highest BCUT2D eigenvalue weighted by Crippen LogP contribution is 2.22. The summed E-state index contributed by atoms with van der Waals surface area (Å²) < 4.78 is 0. The van der Waals surface area contributed by atoms with E-state index >= 15 is 0 Å². The summed E-state index contributed by atoms with van der Waals surface area (Å²) in [4.78, 5) is 37.6. The zero-order valence-corrected chi connectivity index (χ0v) is 31.9. The summed E-state index contributed by atoms with van der Waals surface area (Å²) in [6.07, 6.45) is 26.1. The maximum absolute atomic E-state index is 11.8. The summed E-state index contributed by atoms with van der Waals surface area (Å²) in [6.45, 7) is 18.5. The molecule has 1 aromatic rings. The molecule has 2 N–H and O–H groups in total. The van der Waals surface area contributed by atoms with Crippen molar-refractivity contribution in [1.82, 2.24) is 20.4 Å². The second-order valence-corrected chi connectivity index (χ2v) is 11.7. The van der Waals surface area contributed by atoms with Crippen molar-refractivity contribution < 1.29 is 14.4 Å². The number of amides is 3. The van der Waals surface area contributed by atoms with Crippen molar-refractivity contribution in [2.75, 3.05) is 39.8 Å². The van der Waals surface area contributed by atoms with E-state index in [0.717, 1.165) is 57.8 Å². The summed E-state index contributed by atoms with van der Waals surface area (Å²) in [5, 5.41) is 5.26. The number of benzene rings is 1. The Kier molecular flexibility index (Phi) is 38.6. The predicted octanol–water partition coefficient (Wildman–Crippen LogP) is 8.14. The summed E-state index contributed by atoms with van der Waals surface area (Å²) in [5.74, 6) is 5.74. The quantitative estimate of drug-likeness (QED) is 0.146. The fourth-order valence-corrected chi connectivity index (χ4v) is 4.43. The Morgan fingerprint density at radius 3 is 1.98 bits per heavy atom. The first kappa shape index (κ1) is 48.8. The molecule has 0 aromatic heterocycles. The summed E-state index contributed by atoms with van der Waals surface area (Å²) in [6, 6.07) is 10.3. The Hall–Kier alpha value is -3.55. The molecule has 48 heavy (non-hydrogen) atoms. The molecule has 3 amide bonds. The summed E-state index contributed by atoms with van der Waals surface area (Å²) in [5.41, 5.74) is 1.32.